The maximum Gasteiger partial charge on any atom is 0.109 e. The summed E-state index contributed by atoms with van der Waals surface area (Å²) in [5.74, 6) is 0.864. The number of nitrogens with one attached hydrogen (secondary N) is 2. The lowest BCUT2D eigenvalue weighted by molar-refractivity contribution is -0.172. The molecule has 4 N–H and O–H groups in total. The van der Waals surface area contributed by atoms with Crippen molar-refractivity contribution in [2.75, 3.05) is 19.6 Å². The number of rotatable bonds is 4. The second-order valence-electron chi connectivity index (χ2n) is 4.80. The molecule has 104 valence electrons. The van der Waals surface area contributed by atoms with Crippen LogP contribution in [-0.4, -0.2) is 66.1 Å². The molecular formula is C12H23N3O3. The Balaban J connectivity index is 2.02. The average Bonchev–Trinajstić information content (AvgIpc) is 2.75. The monoisotopic (exact) mass is 257 g/mol. The van der Waals surface area contributed by atoms with E-state index in [4.69, 9.17) is 4.74 Å². The first kappa shape index (κ1) is 13.7. The van der Waals surface area contributed by atoms with Gasteiger partial charge in [0.2, 0.25) is 0 Å². The van der Waals surface area contributed by atoms with Gasteiger partial charge in [-0.1, -0.05) is 6.92 Å². The number of ether oxygens (including phenoxy) is 1. The molecule has 5 atom stereocenters. The first-order valence-electron chi connectivity index (χ1n) is 6.69. The van der Waals surface area contributed by atoms with E-state index in [1.807, 2.05) is 13.8 Å². The summed E-state index contributed by atoms with van der Waals surface area (Å²) in [5.41, 5.74) is 0. The number of likely N-dealkylation sites (N-methyl/N-ethyl adjacent to an activating group) is 1. The van der Waals surface area contributed by atoms with Crippen molar-refractivity contribution in [3.63, 3.8) is 0 Å². The zero-order valence-electron chi connectivity index (χ0n) is 11.0. The molecule has 2 rings (SSSR count). The molecule has 2 saturated heterocycles. The van der Waals surface area contributed by atoms with E-state index >= 15 is 0 Å². The molecule has 2 aliphatic heterocycles. The van der Waals surface area contributed by atoms with E-state index in [9.17, 15) is 10.2 Å². The van der Waals surface area contributed by atoms with Gasteiger partial charge in [-0.25, -0.2) is 0 Å². The number of nitrogens with zero attached hydrogens (tertiary/aromatic N) is 1. The minimum atomic E-state index is -0.862. The van der Waals surface area contributed by atoms with Gasteiger partial charge in [-0.05, 0) is 13.5 Å². The van der Waals surface area contributed by atoms with Crippen molar-refractivity contribution < 1.29 is 14.9 Å². The molecule has 0 aromatic rings. The van der Waals surface area contributed by atoms with Crippen molar-refractivity contribution in [2.45, 2.75) is 50.7 Å². The predicted molar refractivity (Wildman–Crippen MR) is 68.7 cm³/mol. The Morgan fingerprint density at radius 2 is 2.17 bits per heavy atom. The highest BCUT2D eigenvalue weighted by atomic mass is 16.5. The van der Waals surface area contributed by atoms with Crippen LogP contribution in [0.3, 0.4) is 0 Å². The maximum atomic E-state index is 10.1. The summed E-state index contributed by atoms with van der Waals surface area (Å²) in [4.78, 5) is 4.31. The lowest BCUT2D eigenvalue weighted by Crippen LogP contribution is -2.61. The second kappa shape index (κ2) is 5.97. The highest BCUT2D eigenvalue weighted by molar-refractivity contribution is 5.85. The van der Waals surface area contributed by atoms with Crippen LogP contribution in [-0.2, 0) is 4.74 Å². The van der Waals surface area contributed by atoms with Crippen molar-refractivity contribution in [3.8, 4) is 0 Å². The summed E-state index contributed by atoms with van der Waals surface area (Å²) in [5, 5.41) is 26.4. The van der Waals surface area contributed by atoms with Crippen LogP contribution in [0.5, 0.6) is 0 Å². The molecule has 0 amide bonds. The number of amidine groups is 1. The second-order valence-corrected chi connectivity index (χ2v) is 4.80. The molecular weight excluding hydrogens is 234 g/mol. The summed E-state index contributed by atoms with van der Waals surface area (Å²) >= 11 is 0. The molecule has 6 nitrogen and oxygen atoms in total. The topological polar surface area (TPSA) is 86.1 Å². The van der Waals surface area contributed by atoms with Crippen LogP contribution in [0, 0.1) is 0 Å². The first-order chi connectivity index (χ1) is 8.67. The molecule has 18 heavy (non-hydrogen) atoms. The predicted octanol–water partition coefficient (Wildman–Crippen LogP) is -1.13. The highest BCUT2D eigenvalue weighted by Crippen LogP contribution is 2.27. The maximum absolute atomic E-state index is 10.1. The Bertz CT molecular complexity index is 311. The van der Waals surface area contributed by atoms with E-state index in [-0.39, 0.29) is 18.2 Å². The van der Waals surface area contributed by atoms with Gasteiger partial charge in [-0.2, -0.15) is 0 Å². The summed E-state index contributed by atoms with van der Waals surface area (Å²) in [6.07, 6.45) is -1.44. The van der Waals surface area contributed by atoms with E-state index in [0.717, 1.165) is 12.4 Å². The van der Waals surface area contributed by atoms with Crippen LogP contribution in [0.15, 0.2) is 4.99 Å². The van der Waals surface area contributed by atoms with Gasteiger partial charge in [-0.3, -0.25) is 4.99 Å². The van der Waals surface area contributed by atoms with Gasteiger partial charge >= 0.3 is 0 Å². The Labute approximate surface area is 107 Å². The smallest absolute Gasteiger partial charge is 0.109 e. The van der Waals surface area contributed by atoms with Gasteiger partial charge in [0.1, 0.15) is 12.2 Å². The van der Waals surface area contributed by atoms with Crippen LogP contribution in [0.4, 0.5) is 0 Å². The van der Waals surface area contributed by atoms with Crippen molar-refractivity contribution in [1.82, 2.24) is 10.6 Å². The molecule has 0 aromatic carbocycles. The van der Waals surface area contributed by atoms with Crippen molar-refractivity contribution >= 4 is 5.84 Å². The minimum absolute atomic E-state index is 0.0997. The lowest BCUT2D eigenvalue weighted by atomic mass is 9.94. The number of hydrogen-bond acceptors (Lipinski definition) is 5. The lowest BCUT2D eigenvalue weighted by Gasteiger charge is -2.39. The van der Waals surface area contributed by atoms with Gasteiger partial charge in [-0.15, -0.1) is 0 Å². The zero-order chi connectivity index (χ0) is 13.1. The summed E-state index contributed by atoms with van der Waals surface area (Å²) in [6, 6.07) is -0.247. The first-order valence-corrected chi connectivity index (χ1v) is 6.69. The summed E-state index contributed by atoms with van der Waals surface area (Å²) in [6.45, 7) is 6.05. The molecule has 2 heterocycles. The standard InChI is InChI=1S/C12H23N3O3/c1-3-13-6-8-11(16)12(17)10-7(18-8)5-9(15-10)14-4-2/h7-8,10-13,16-17H,3-6H2,1-2H3,(H,14,15)/t7-,8-,10+,11-,12-/m1/s1. The van der Waals surface area contributed by atoms with Crippen molar-refractivity contribution in [1.29, 1.82) is 0 Å². The normalized spacial score (nSPS) is 41.8. The fraction of sp³-hybridized carbons (Fsp3) is 0.917. The van der Waals surface area contributed by atoms with Crippen LogP contribution in [0.25, 0.3) is 0 Å². The molecule has 0 bridgehead atoms. The Morgan fingerprint density at radius 1 is 1.39 bits per heavy atom. The molecule has 0 aromatic heterocycles. The van der Waals surface area contributed by atoms with Gasteiger partial charge in [0.05, 0.1) is 24.1 Å². The van der Waals surface area contributed by atoms with Crippen LogP contribution in [0.1, 0.15) is 20.3 Å². The SMILES string of the molecule is CCN=C1C[C@H]2O[C@H](CNCC)[C@@H](O)[C@H](O)[C@H]2N1. The molecule has 2 aliphatic rings. The summed E-state index contributed by atoms with van der Waals surface area (Å²) in [7, 11) is 0. The van der Waals surface area contributed by atoms with Crippen LogP contribution >= 0.6 is 0 Å². The molecule has 0 saturated carbocycles. The van der Waals surface area contributed by atoms with Gasteiger partial charge in [0.15, 0.2) is 0 Å². The van der Waals surface area contributed by atoms with Gasteiger partial charge < -0.3 is 25.6 Å². The largest absolute Gasteiger partial charge is 0.388 e. The zero-order valence-corrected chi connectivity index (χ0v) is 11.0. The van der Waals surface area contributed by atoms with E-state index in [1.165, 1.54) is 0 Å². The molecule has 2 fully saturated rings. The van der Waals surface area contributed by atoms with E-state index < -0.39 is 12.2 Å². The Kier molecular flexibility index (Phi) is 4.55. The van der Waals surface area contributed by atoms with Crippen LogP contribution < -0.4 is 10.6 Å². The third kappa shape index (κ3) is 2.66. The van der Waals surface area contributed by atoms with Gasteiger partial charge in [0.25, 0.3) is 0 Å². The number of hydrogen-bond donors (Lipinski definition) is 4. The molecule has 0 radical (unpaired) electrons. The Hall–Kier alpha value is -0.690. The molecule has 6 heteroatoms. The van der Waals surface area contributed by atoms with E-state index in [0.29, 0.717) is 19.5 Å². The number of fused-ring (bicyclic) bond motifs is 1. The number of aliphatic hydroxyl groups is 2. The average molecular weight is 257 g/mol. The summed E-state index contributed by atoms with van der Waals surface area (Å²) < 4.78 is 5.86. The fourth-order valence-corrected chi connectivity index (χ4v) is 2.59. The Morgan fingerprint density at radius 3 is 2.83 bits per heavy atom. The molecule has 0 spiro atoms. The van der Waals surface area contributed by atoms with Crippen molar-refractivity contribution in [3.05, 3.63) is 0 Å². The third-order valence-electron chi connectivity index (χ3n) is 3.52. The number of aliphatic imine (C=N–C) groups is 1. The van der Waals surface area contributed by atoms with E-state index in [2.05, 4.69) is 15.6 Å². The molecule has 0 unspecified atom stereocenters. The van der Waals surface area contributed by atoms with Crippen molar-refractivity contribution in [2.24, 2.45) is 4.99 Å². The minimum Gasteiger partial charge on any atom is -0.388 e. The fourth-order valence-electron chi connectivity index (χ4n) is 2.59. The van der Waals surface area contributed by atoms with E-state index in [1.54, 1.807) is 0 Å². The highest BCUT2D eigenvalue weighted by Gasteiger charge is 2.47. The quantitative estimate of drug-likeness (QED) is 0.512. The molecule has 0 aliphatic carbocycles. The van der Waals surface area contributed by atoms with Crippen LogP contribution in [0.2, 0.25) is 0 Å². The van der Waals surface area contributed by atoms with Gasteiger partial charge in [0, 0.05) is 19.5 Å². The number of aliphatic hydroxyl groups excluding tert-OH is 2. The third-order valence-corrected chi connectivity index (χ3v) is 3.52.